The number of halogens is 1. The largest absolute Gasteiger partial charge is 0.436 e. The highest BCUT2D eigenvalue weighted by atomic mass is 19.1. The molecular weight excluding hydrogens is 325 g/mol. The van der Waals surface area contributed by atoms with Crippen molar-refractivity contribution in [3.8, 4) is 11.5 Å². The lowest BCUT2D eigenvalue weighted by Crippen LogP contribution is -2.28. The fourth-order valence-corrected chi connectivity index (χ4v) is 2.95. The highest BCUT2D eigenvalue weighted by Crippen LogP contribution is 2.30. The van der Waals surface area contributed by atoms with E-state index in [9.17, 15) is 14.0 Å². The average molecular weight is 339 g/mol. The number of nitrogens with zero attached hydrogens (tertiary/aromatic N) is 2. The van der Waals surface area contributed by atoms with Gasteiger partial charge in [0.15, 0.2) is 5.58 Å². The Morgan fingerprint density at radius 2 is 2.00 bits per heavy atom. The summed E-state index contributed by atoms with van der Waals surface area (Å²) >= 11 is 0. The first kappa shape index (κ1) is 15.3. The molecule has 2 amide bonds. The maximum absolute atomic E-state index is 13.0. The van der Waals surface area contributed by atoms with Gasteiger partial charge >= 0.3 is 0 Å². The Labute approximate surface area is 142 Å². The zero-order chi connectivity index (χ0) is 17.6. The number of primary amides is 1. The van der Waals surface area contributed by atoms with Crippen LogP contribution in [0, 0.1) is 11.7 Å². The molecule has 3 aromatic rings. The van der Waals surface area contributed by atoms with Crippen LogP contribution in [0.1, 0.15) is 6.42 Å². The topological polar surface area (TPSA) is 89.4 Å². The highest BCUT2D eigenvalue weighted by molar-refractivity contribution is 6.01. The predicted octanol–water partition coefficient (Wildman–Crippen LogP) is 2.47. The molecule has 0 radical (unpaired) electrons. The Balaban J connectivity index is 1.68. The van der Waals surface area contributed by atoms with Crippen molar-refractivity contribution < 1.29 is 18.4 Å². The van der Waals surface area contributed by atoms with E-state index in [4.69, 9.17) is 10.2 Å². The summed E-state index contributed by atoms with van der Waals surface area (Å²) < 4.78 is 18.7. The predicted molar refractivity (Wildman–Crippen MR) is 89.1 cm³/mol. The van der Waals surface area contributed by atoms with Gasteiger partial charge in [0.25, 0.3) is 0 Å². The van der Waals surface area contributed by atoms with Crippen LogP contribution in [0.5, 0.6) is 0 Å². The van der Waals surface area contributed by atoms with Crippen molar-refractivity contribution >= 4 is 28.6 Å². The first-order valence-electron chi connectivity index (χ1n) is 7.77. The molecule has 7 heteroatoms. The second kappa shape index (κ2) is 5.70. The second-order valence-electron chi connectivity index (χ2n) is 5.99. The summed E-state index contributed by atoms with van der Waals surface area (Å²) in [6.45, 7) is 0.266. The van der Waals surface area contributed by atoms with Crippen molar-refractivity contribution in [2.75, 3.05) is 11.4 Å². The molecule has 2 aromatic carbocycles. The molecule has 126 valence electrons. The number of fused-ring (bicyclic) bond motifs is 1. The van der Waals surface area contributed by atoms with E-state index in [1.807, 2.05) is 0 Å². The van der Waals surface area contributed by atoms with E-state index < -0.39 is 11.8 Å². The van der Waals surface area contributed by atoms with Gasteiger partial charge in [0.2, 0.25) is 17.7 Å². The zero-order valence-electron chi connectivity index (χ0n) is 13.1. The number of nitrogens with two attached hydrogens (primary N) is 1. The molecule has 2 N–H and O–H groups in total. The number of anilines is 1. The molecule has 1 saturated heterocycles. The Bertz CT molecular complexity index is 981. The fraction of sp³-hybridized carbons (Fsp3) is 0.167. The maximum atomic E-state index is 13.0. The van der Waals surface area contributed by atoms with Crippen LogP contribution in [-0.4, -0.2) is 23.3 Å². The van der Waals surface area contributed by atoms with Crippen molar-refractivity contribution in [1.29, 1.82) is 0 Å². The SMILES string of the molecule is NC(=O)[C@@H]1CC(=O)N(c2ccc3oc(-c4ccc(F)cc4)nc3c2)C1. The first-order valence-corrected chi connectivity index (χ1v) is 7.77. The third-order valence-corrected chi connectivity index (χ3v) is 4.30. The van der Waals surface area contributed by atoms with E-state index in [0.29, 0.717) is 28.2 Å². The van der Waals surface area contributed by atoms with Gasteiger partial charge in [-0.3, -0.25) is 9.59 Å². The summed E-state index contributed by atoms with van der Waals surface area (Å²) in [6.07, 6.45) is 0.118. The molecule has 1 aliphatic heterocycles. The molecule has 1 fully saturated rings. The minimum Gasteiger partial charge on any atom is -0.436 e. The summed E-state index contributed by atoms with van der Waals surface area (Å²) in [7, 11) is 0. The summed E-state index contributed by atoms with van der Waals surface area (Å²) in [6, 6.07) is 11.0. The lowest BCUT2D eigenvalue weighted by atomic mass is 10.1. The van der Waals surface area contributed by atoms with Crippen molar-refractivity contribution in [1.82, 2.24) is 4.98 Å². The van der Waals surface area contributed by atoms with E-state index in [2.05, 4.69) is 4.98 Å². The minimum atomic E-state index is -0.477. The van der Waals surface area contributed by atoms with E-state index >= 15 is 0 Å². The molecule has 2 heterocycles. The van der Waals surface area contributed by atoms with Gasteiger partial charge in [0, 0.05) is 24.2 Å². The summed E-state index contributed by atoms with van der Waals surface area (Å²) in [5.74, 6) is -1.06. The number of carbonyl (C=O) groups excluding carboxylic acids is 2. The molecule has 1 atom stereocenters. The van der Waals surface area contributed by atoms with Gasteiger partial charge in [-0.15, -0.1) is 0 Å². The van der Waals surface area contributed by atoms with Crippen LogP contribution < -0.4 is 10.6 Å². The lowest BCUT2D eigenvalue weighted by Gasteiger charge is -2.15. The van der Waals surface area contributed by atoms with Crippen LogP contribution in [0.2, 0.25) is 0 Å². The smallest absolute Gasteiger partial charge is 0.227 e. The number of aromatic nitrogens is 1. The Hall–Kier alpha value is -3.22. The molecule has 1 aliphatic rings. The molecule has 0 saturated carbocycles. The molecule has 25 heavy (non-hydrogen) atoms. The van der Waals surface area contributed by atoms with E-state index in [0.717, 1.165) is 0 Å². The number of hydrogen-bond donors (Lipinski definition) is 1. The molecule has 0 unspecified atom stereocenters. The van der Waals surface area contributed by atoms with Gasteiger partial charge in [-0.25, -0.2) is 9.37 Å². The average Bonchev–Trinajstić information content (AvgIpc) is 3.18. The fourth-order valence-electron chi connectivity index (χ4n) is 2.95. The van der Waals surface area contributed by atoms with Gasteiger partial charge in [0.05, 0.1) is 5.92 Å². The summed E-state index contributed by atoms with van der Waals surface area (Å²) in [4.78, 5) is 29.4. The number of oxazole rings is 1. The first-order chi connectivity index (χ1) is 12.0. The molecule has 0 spiro atoms. The van der Waals surface area contributed by atoms with Crippen LogP contribution in [0.3, 0.4) is 0 Å². The van der Waals surface area contributed by atoms with Crippen molar-refractivity contribution in [3.05, 3.63) is 48.3 Å². The van der Waals surface area contributed by atoms with Gasteiger partial charge in [-0.05, 0) is 42.5 Å². The maximum Gasteiger partial charge on any atom is 0.227 e. The number of benzene rings is 2. The lowest BCUT2D eigenvalue weighted by molar-refractivity contribution is -0.123. The summed E-state index contributed by atoms with van der Waals surface area (Å²) in [5.41, 5.74) is 7.73. The van der Waals surface area contributed by atoms with Crippen molar-refractivity contribution in [3.63, 3.8) is 0 Å². The minimum absolute atomic E-state index is 0.118. The highest BCUT2D eigenvalue weighted by Gasteiger charge is 2.34. The zero-order valence-corrected chi connectivity index (χ0v) is 13.1. The molecule has 0 bridgehead atoms. The third-order valence-electron chi connectivity index (χ3n) is 4.30. The van der Waals surface area contributed by atoms with Crippen LogP contribution >= 0.6 is 0 Å². The van der Waals surface area contributed by atoms with Crippen molar-refractivity contribution in [2.45, 2.75) is 6.42 Å². The van der Waals surface area contributed by atoms with E-state index in [-0.39, 0.29) is 24.7 Å². The van der Waals surface area contributed by atoms with Crippen LogP contribution in [0.15, 0.2) is 46.9 Å². The van der Waals surface area contributed by atoms with E-state index in [1.165, 1.54) is 17.0 Å². The van der Waals surface area contributed by atoms with Gasteiger partial charge < -0.3 is 15.1 Å². The third kappa shape index (κ3) is 2.73. The standard InChI is InChI=1S/C18H14FN3O3/c19-12-3-1-10(2-4-12)18-21-14-8-13(5-6-15(14)25-18)22-9-11(17(20)24)7-16(22)23/h1-6,8,11H,7,9H2,(H2,20,24)/t11-/m1/s1. The van der Waals surface area contributed by atoms with Crippen LogP contribution in [0.25, 0.3) is 22.6 Å². The van der Waals surface area contributed by atoms with Crippen LogP contribution in [-0.2, 0) is 9.59 Å². The van der Waals surface area contributed by atoms with Gasteiger partial charge in [-0.2, -0.15) is 0 Å². The van der Waals surface area contributed by atoms with Crippen LogP contribution in [0.4, 0.5) is 10.1 Å². The molecular formula is C18H14FN3O3. The number of carbonyl (C=O) groups is 2. The van der Waals surface area contributed by atoms with E-state index in [1.54, 1.807) is 30.3 Å². The summed E-state index contributed by atoms with van der Waals surface area (Å²) in [5, 5.41) is 0. The molecule has 4 rings (SSSR count). The number of rotatable bonds is 3. The van der Waals surface area contributed by atoms with Gasteiger partial charge in [0.1, 0.15) is 11.3 Å². The Morgan fingerprint density at radius 1 is 1.24 bits per heavy atom. The molecule has 6 nitrogen and oxygen atoms in total. The van der Waals surface area contributed by atoms with Gasteiger partial charge in [-0.1, -0.05) is 0 Å². The molecule has 0 aliphatic carbocycles. The van der Waals surface area contributed by atoms with Crippen molar-refractivity contribution in [2.24, 2.45) is 11.7 Å². The number of hydrogen-bond acceptors (Lipinski definition) is 4. The Kier molecular flexibility index (Phi) is 3.49. The Morgan fingerprint density at radius 3 is 2.68 bits per heavy atom. The quantitative estimate of drug-likeness (QED) is 0.794. The number of amides is 2. The monoisotopic (exact) mass is 339 g/mol. The normalized spacial score (nSPS) is 17.4. The molecule has 1 aromatic heterocycles. The second-order valence-corrected chi connectivity index (χ2v) is 5.99.